The van der Waals surface area contributed by atoms with Crippen LogP contribution in [-0.2, 0) is 18.8 Å². The highest BCUT2D eigenvalue weighted by Gasteiger charge is 2.44. The zero-order chi connectivity index (χ0) is 18.7. The van der Waals surface area contributed by atoms with Crippen LogP contribution in [0.25, 0.3) is 0 Å². The predicted molar refractivity (Wildman–Crippen MR) is 105 cm³/mol. The van der Waals surface area contributed by atoms with Gasteiger partial charge in [-0.2, -0.15) is 11.8 Å². The van der Waals surface area contributed by atoms with Crippen molar-refractivity contribution in [1.82, 2.24) is 5.32 Å². The molecule has 0 bridgehead atoms. The van der Waals surface area contributed by atoms with Crippen molar-refractivity contribution >= 4 is 37.7 Å². The van der Waals surface area contributed by atoms with Crippen molar-refractivity contribution in [2.45, 2.75) is 83.5 Å². The Balaban J connectivity index is 0.00000576. The fraction of sp³-hybridized carbons (Fsp3) is 0.824. The summed E-state index contributed by atoms with van der Waals surface area (Å²) in [4.78, 5) is 34.2. The van der Waals surface area contributed by atoms with Gasteiger partial charge in [-0.25, -0.2) is 4.79 Å². The maximum Gasteiger partial charge on any atom is 0.327 e. The quantitative estimate of drug-likeness (QED) is 0.648. The van der Waals surface area contributed by atoms with Crippen molar-refractivity contribution in [2.24, 2.45) is 0 Å². The third-order valence-electron chi connectivity index (χ3n) is 4.68. The predicted octanol–water partition coefficient (Wildman–Crippen LogP) is 3.07. The van der Waals surface area contributed by atoms with Gasteiger partial charge in [0.15, 0.2) is 8.32 Å². The van der Waals surface area contributed by atoms with Crippen LogP contribution in [0.2, 0.25) is 18.1 Å². The van der Waals surface area contributed by atoms with E-state index in [-0.39, 0.29) is 41.3 Å². The first-order valence-electron chi connectivity index (χ1n) is 8.14. The summed E-state index contributed by atoms with van der Waals surface area (Å²) in [6.07, 6.45) is 0.619. The minimum absolute atomic E-state index is 0. The highest BCUT2D eigenvalue weighted by molar-refractivity contribution is 8.00. The number of hydrogen-bond acceptors (Lipinski definition) is 5. The minimum Gasteiger partial charge on any atom is -0.480 e. The maximum atomic E-state index is 11.9. The normalized spacial score (nSPS) is 22.2. The Labute approximate surface area is 156 Å². The number of carboxylic acids is 1. The minimum atomic E-state index is -2.00. The molecule has 0 aliphatic heterocycles. The van der Waals surface area contributed by atoms with Crippen LogP contribution in [0.1, 0.15) is 48.0 Å². The van der Waals surface area contributed by atoms with Crippen LogP contribution in [0.3, 0.4) is 0 Å². The largest absolute Gasteiger partial charge is 0.480 e. The van der Waals surface area contributed by atoms with Crippen LogP contribution in [0.5, 0.6) is 0 Å². The Morgan fingerprint density at radius 1 is 1.36 bits per heavy atom. The van der Waals surface area contributed by atoms with Crippen molar-refractivity contribution in [3.63, 3.8) is 0 Å². The zero-order valence-corrected chi connectivity index (χ0v) is 17.2. The molecule has 0 aromatic rings. The third-order valence-corrected chi connectivity index (χ3v) is 10.6. The van der Waals surface area contributed by atoms with Gasteiger partial charge < -0.3 is 14.8 Å². The lowest BCUT2D eigenvalue weighted by Gasteiger charge is -2.39. The number of ketones is 1. The van der Waals surface area contributed by atoms with Gasteiger partial charge in [-0.15, -0.1) is 0 Å². The van der Waals surface area contributed by atoms with Crippen molar-refractivity contribution in [3.8, 4) is 0 Å². The molecule has 1 rings (SSSR count). The molecule has 0 aromatic heterocycles. The van der Waals surface area contributed by atoms with E-state index in [1.54, 1.807) is 0 Å². The molecule has 0 heterocycles. The molecule has 0 radical (unpaired) electrons. The SMILES string of the molecule is C.CC(=O)N[C@@H](CS[C@H]1CC(=O)C[C@@H]1O[Si](C)(C)C(C)(C)C)C(=O)O. The Hall–Kier alpha value is -0.863. The average molecular weight is 392 g/mol. The molecule has 146 valence electrons. The number of carboxylic acid groups (broad SMARTS) is 1. The van der Waals surface area contributed by atoms with Gasteiger partial charge in [-0.1, -0.05) is 28.2 Å². The molecule has 1 fully saturated rings. The van der Waals surface area contributed by atoms with Crippen LogP contribution in [0.15, 0.2) is 0 Å². The molecule has 6 nitrogen and oxygen atoms in total. The summed E-state index contributed by atoms with van der Waals surface area (Å²) in [6, 6.07) is -0.947. The summed E-state index contributed by atoms with van der Waals surface area (Å²) in [7, 11) is -2.00. The van der Waals surface area contributed by atoms with Crippen molar-refractivity contribution < 1.29 is 23.9 Å². The maximum absolute atomic E-state index is 11.9. The molecule has 0 aromatic carbocycles. The van der Waals surface area contributed by atoms with Crippen LogP contribution in [0.4, 0.5) is 0 Å². The first-order chi connectivity index (χ1) is 10.8. The summed E-state index contributed by atoms with van der Waals surface area (Å²) >= 11 is 1.41. The number of carbonyl (C=O) groups is 3. The number of thioether (sulfide) groups is 1. The second kappa shape index (κ2) is 9.18. The summed E-state index contributed by atoms with van der Waals surface area (Å²) in [5, 5.41) is 11.6. The lowest BCUT2D eigenvalue weighted by Crippen LogP contribution is -2.46. The number of rotatable bonds is 7. The smallest absolute Gasteiger partial charge is 0.327 e. The highest BCUT2D eigenvalue weighted by Crippen LogP contribution is 2.41. The van der Waals surface area contributed by atoms with Crippen LogP contribution >= 0.6 is 11.8 Å². The zero-order valence-electron chi connectivity index (χ0n) is 15.3. The standard InChI is InChI=1S/C16H29NO5SSi.CH4/c1-10(18)17-12(15(20)21)9-23-14-8-11(19)7-13(14)22-24(5,6)16(2,3)4;/h12-14H,7-9H2,1-6H3,(H,17,18)(H,20,21);1H4/t12-,13-,14-;/m0./s1. The third kappa shape index (κ3) is 7.11. The monoisotopic (exact) mass is 391 g/mol. The fourth-order valence-corrected chi connectivity index (χ4v) is 5.07. The van der Waals surface area contributed by atoms with Gasteiger partial charge in [-0.3, -0.25) is 9.59 Å². The second-order valence-electron chi connectivity index (χ2n) is 7.83. The molecular formula is C17H33NO5SSi. The number of Topliss-reactive ketones (excluding diaryl/α,β-unsaturated/α-hetero) is 1. The van der Waals surface area contributed by atoms with E-state index in [0.717, 1.165) is 0 Å². The van der Waals surface area contributed by atoms with E-state index in [1.807, 2.05) is 0 Å². The number of carbonyl (C=O) groups excluding carboxylic acids is 2. The van der Waals surface area contributed by atoms with Gasteiger partial charge in [0.1, 0.15) is 11.8 Å². The number of hydrogen-bond donors (Lipinski definition) is 2. The van der Waals surface area contributed by atoms with E-state index in [1.165, 1.54) is 18.7 Å². The Kier molecular flexibility index (Phi) is 8.87. The van der Waals surface area contributed by atoms with Crippen LogP contribution in [-0.4, -0.2) is 54.2 Å². The van der Waals surface area contributed by atoms with Crippen LogP contribution < -0.4 is 5.32 Å². The summed E-state index contributed by atoms with van der Waals surface area (Å²) < 4.78 is 6.38. The van der Waals surface area contributed by atoms with E-state index in [4.69, 9.17) is 4.43 Å². The first-order valence-corrected chi connectivity index (χ1v) is 12.1. The lowest BCUT2D eigenvalue weighted by atomic mass is 10.2. The average Bonchev–Trinajstić information content (AvgIpc) is 2.71. The molecule has 1 aliphatic rings. The molecule has 8 heteroatoms. The topological polar surface area (TPSA) is 92.7 Å². The van der Waals surface area contributed by atoms with E-state index >= 15 is 0 Å². The molecule has 1 saturated carbocycles. The molecule has 2 N–H and O–H groups in total. The van der Waals surface area contributed by atoms with Gasteiger partial charge in [-0.05, 0) is 18.1 Å². The van der Waals surface area contributed by atoms with Crippen molar-refractivity contribution in [3.05, 3.63) is 0 Å². The van der Waals surface area contributed by atoms with E-state index < -0.39 is 20.3 Å². The molecule has 1 amide bonds. The van der Waals surface area contributed by atoms with Crippen molar-refractivity contribution in [1.29, 1.82) is 0 Å². The fourth-order valence-electron chi connectivity index (χ4n) is 2.27. The van der Waals surface area contributed by atoms with Gasteiger partial charge in [0.2, 0.25) is 5.91 Å². The molecular weight excluding hydrogens is 358 g/mol. The number of aliphatic carboxylic acids is 1. The van der Waals surface area contributed by atoms with Gasteiger partial charge in [0.05, 0.1) is 6.10 Å². The lowest BCUT2D eigenvalue weighted by molar-refractivity contribution is -0.140. The molecule has 0 unspecified atom stereocenters. The second-order valence-corrected chi connectivity index (χ2v) is 13.9. The molecule has 0 saturated heterocycles. The number of nitrogens with one attached hydrogen (secondary N) is 1. The first kappa shape index (κ1) is 24.1. The Morgan fingerprint density at radius 3 is 2.36 bits per heavy atom. The summed E-state index contributed by atoms with van der Waals surface area (Å²) in [6.45, 7) is 12.0. The van der Waals surface area contributed by atoms with E-state index in [2.05, 4.69) is 39.2 Å². The molecule has 3 atom stereocenters. The highest BCUT2D eigenvalue weighted by atomic mass is 32.2. The molecule has 0 spiro atoms. The van der Waals surface area contributed by atoms with Gasteiger partial charge in [0.25, 0.3) is 0 Å². The molecule has 25 heavy (non-hydrogen) atoms. The summed E-state index contributed by atoms with van der Waals surface area (Å²) in [5.41, 5.74) is 0. The number of amides is 1. The Bertz CT molecular complexity index is 504. The van der Waals surface area contributed by atoms with Gasteiger partial charge >= 0.3 is 5.97 Å². The van der Waals surface area contributed by atoms with Crippen LogP contribution in [0, 0.1) is 0 Å². The van der Waals surface area contributed by atoms with Crippen molar-refractivity contribution in [2.75, 3.05) is 5.75 Å². The summed E-state index contributed by atoms with van der Waals surface area (Å²) in [5.74, 6) is -1.06. The van der Waals surface area contributed by atoms with E-state index in [0.29, 0.717) is 12.8 Å². The van der Waals surface area contributed by atoms with E-state index in [9.17, 15) is 19.5 Å². The molecule has 1 aliphatic carbocycles. The van der Waals surface area contributed by atoms with Gasteiger partial charge in [0, 0.05) is 30.8 Å². The Morgan fingerprint density at radius 2 is 1.92 bits per heavy atom.